The highest BCUT2D eigenvalue weighted by Gasteiger charge is 2.36. The third-order valence-electron chi connectivity index (χ3n) is 5.73. The number of para-hydroxylation sites is 1. The molecule has 1 aromatic carbocycles. The second kappa shape index (κ2) is 9.89. The van der Waals surface area contributed by atoms with Gasteiger partial charge >= 0.3 is 6.03 Å². The summed E-state index contributed by atoms with van der Waals surface area (Å²) in [6, 6.07) is 7.82. The molecule has 0 radical (unpaired) electrons. The van der Waals surface area contributed by atoms with Crippen molar-refractivity contribution in [2.75, 3.05) is 58.3 Å². The van der Waals surface area contributed by atoms with Crippen molar-refractivity contribution in [3.05, 3.63) is 29.8 Å². The van der Waals surface area contributed by atoms with Crippen LogP contribution in [-0.2, 0) is 16.0 Å². The van der Waals surface area contributed by atoms with Crippen LogP contribution in [0.25, 0.3) is 0 Å². The summed E-state index contributed by atoms with van der Waals surface area (Å²) in [7, 11) is 1.66. The largest absolute Gasteiger partial charge is 0.383 e. The number of ether oxygens (including phenoxy) is 1. The topological polar surface area (TPSA) is 65.1 Å². The second-order valence-electron chi connectivity index (χ2n) is 7.44. The monoisotopic (exact) mass is 388 g/mol. The van der Waals surface area contributed by atoms with Crippen molar-refractivity contribution in [2.24, 2.45) is 0 Å². The maximum absolute atomic E-state index is 12.8. The third kappa shape index (κ3) is 4.83. The van der Waals surface area contributed by atoms with E-state index in [1.165, 1.54) is 0 Å². The first-order valence-electron chi connectivity index (χ1n) is 10.3. The summed E-state index contributed by atoms with van der Waals surface area (Å²) in [5.74, 6) is 0.201. The van der Waals surface area contributed by atoms with Crippen LogP contribution in [0.5, 0.6) is 0 Å². The average molecular weight is 389 g/mol. The van der Waals surface area contributed by atoms with Crippen molar-refractivity contribution in [3.63, 3.8) is 0 Å². The molecule has 0 bridgehead atoms. The molecule has 1 N–H and O–H groups in total. The summed E-state index contributed by atoms with van der Waals surface area (Å²) >= 11 is 0. The van der Waals surface area contributed by atoms with E-state index in [2.05, 4.69) is 17.1 Å². The van der Waals surface area contributed by atoms with E-state index in [1.54, 1.807) is 7.11 Å². The normalized spacial score (nSPS) is 21.1. The Hall–Kier alpha value is -2.12. The number of rotatable bonds is 6. The molecular weight excluding hydrogens is 356 g/mol. The fraction of sp³-hybridized carbons (Fsp3) is 0.619. The first kappa shape index (κ1) is 20.6. The van der Waals surface area contributed by atoms with E-state index in [9.17, 15) is 9.59 Å². The lowest BCUT2D eigenvalue weighted by Crippen LogP contribution is -2.44. The summed E-state index contributed by atoms with van der Waals surface area (Å²) < 4.78 is 5.10. The molecule has 2 aliphatic heterocycles. The molecule has 1 unspecified atom stereocenters. The number of aryl methyl sites for hydroxylation is 1. The van der Waals surface area contributed by atoms with Crippen molar-refractivity contribution in [1.82, 2.24) is 14.7 Å². The zero-order valence-electron chi connectivity index (χ0n) is 17.0. The van der Waals surface area contributed by atoms with Crippen LogP contribution in [0.2, 0.25) is 0 Å². The van der Waals surface area contributed by atoms with Crippen LogP contribution in [-0.4, -0.2) is 85.7 Å². The molecule has 0 aliphatic carbocycles. The number of amides is 3. The standard InChI is InChI=1S/C21H32N4O3/c1-3-17-7-4-5-8-18(17)22-21(27)25-11-6-10-23(13-14-25)19-9-12-24(20(19)26)15-16-28-2/h4-5,7-8,19H,3,6,9-16H2,1-2H3,(H,22,27). The van der Waals surface area contributed by atoms with Crippen LogP contribution in [0.4, 0.5) is 10.5 Å². The van der Waals surface area contributed by atoms with Crippen LogP contribution in [0, 0.1) is 0 Å². The number of nitrogens with one attached hydrogen (secondary N) is 1. The number of nitrogens with zero attached hydrogens (tertiary/aromatic N) is 3. The minimum atomic E-state index is -0.0549. The van der Waals surface area contributed by atoms with Gasteiger partial charge in [-0.15, -0.1) is 0 Å². The van der Waals surface area contributed by atoms with Crippen molar-refractivity contribution in [2.45, 2.75) is 32.2 Å². The average Bonchev–Trinajstić information content (AvgIpc) is 2.92. The molecular formula is C21H32N4O3. The zero-order chi connectivity index (χ0) is 19.9. The SMILES string of the molecule is CCc1ccccc1NC(=O)N1CCCN(C2CCN(CCOC)C2=O)CC1. The van der Waals surface area contributed by atoms with Crippen molar-refractivity contribution >= 4 is 17.6 Å². The molecule has 7 heteroatoms. The zero-order valence-corrected chi connectivity index (χ0v) is 17.0. The molecule has 1 aromatic rings. The van der Waals surface area contributed by atoms with Crippen LogP contribution in [0.1, 0.15) is 25.3 Å². The van der Waals surface area contributed by atoms with Gasteiger partial charge in [0, 0.05) is 52.1 Å². The molecule has 3 rings (SSSR count). The predicted octanol–water partition coefficient (Wildman–Crippen LogP) is 2.04. The summed E-state index contributed by atoms with van der Waals surface area (Å²) in [6.45, 7) is 7.05. The fourth-order valence-corrected chi connectivity index (χ4v) is 4.08. The van der Waals surface area contributed by atoms with Gasteiger partial charge in [-0.25, -0.2) is 4.79 Å². The van der Waals surface area contributed by atoms with E-state index in [4.69, 9.17) is 4.74 Å². The minimum Gasteiger partial charge on any atom is -0.383 e. The number of benzene rings is 1. The Labute approximate surface area is 167 Å². The smallest absolute Gasteiger partial charge is 0.321 e. The third-order valence-corrected chi connectivity index (χ3v) is 5.73. The van der Waals surface area contributed by atoms with Crippen LogP contribution in [0.15, 0.2) is 24.3 Å². The molecule has 0 aromatic heterocycles. The van der Waals surface area contributed by atoms with Gasteiger partial charge in [-0.05, 0) is 30.9 Å². The van der Waals surface area contributed by atoms with Crippen LogP contribution >= 0.6 is 0 Å². The molecule has 2 fully saturated rings. The number of methoxy groups -OCH3 is 1. The Kier molecular flexibility index (Phi) is 7.28. The number of carbonyl (C=O) groups is 2. The first-order valence-corrected chi connectivity index (χ1v) is 10.3. The molecule has 0 spiro atoms. The van der Waals surface area contributed by atoms with Crippen molar-refractivity contribution in [1.29, 1.82) is 0 Å². The first-order chi connectivity index (χ1) is 13.6. The van der Waals surface area contributed by atoms with E-state index in [0.29, 0.717) is 26.2 Å². The lowest BCUT2D eigenvalue weighted by Gasteiger charge is -2.26. The van der Waals surface area contributed by atoms with Gasteiger partial charge in [-0.3, -0.25) is 9.69 Å². The lowest BCUT2D eigenvalue weighted by atomic mass is 10.1. The molecule has 7 nitrogen and oxygen atoms in total. The molecule has 0 saturated carbocycles. The molecule has 2 saturated heterocycles. The molecule has 3 amide bonds. The highest BCUT2D eigenvalue weighted by molar-refractivity contribution is 5.90. The number of likely N-dealkylation sites (tertiary alicyclic amines) is 1. The van der Waals surface area contributed by atoms with Gasteiger partial charge in [-0.1, -0.05) is 25.1 Å². The summed E-state index contributed by atoms with van der Waals surface area (Å²) in [6.07, 6.45) is 2.62. The highest BCUT2D eigenvalue weighted by atomic mass is 16.5. The number of anilines is 1. The maximum atomic E-state index is 12.8. The Morgan fingerprint density at radius 1 is 1.18 bits per heavy atom. The van der Waals surface area contributed by atoms with Crippen molar-refractivity contribution in [3.8, 4) is 0 Å². The van der Waals surface area contributed by atoms with E-state index in [1.807, 2.05) is 34.1 Å². The van der Waals surface area contributed by atoms with E-state index in [-0.39, 0.29) is 18.0 Å². The van der Waals surface area contributed by atoms with E-state index in [0.717, 1.165) is 50.1 Å². The Morgan fingerprint density at radius 2 is 2.00 bits per heavy atom. The molecule has 2 heterocycles. The molecule has 2 aliphatic rings. The van der Waals surface area contributed by atoms with E-state index >= 15 is 0 Å². The van der Waals surface area contributed by atoms with Gasteiger partial charge in [-0.2, -0.15) is 0 Å². The Balaban J connectivity index is 1.55. The van der Waals surface area contributed by atoms with Gasteiger partial charge in [0.1, 0.15) is 0 Å². The predicted molar refractivity (Wildman–Crippen MR) is 109 cm³/mol. The van der Waals surface area contributed by atoms with Gasteiger partial charge in [0.25, 0.3) is 0 Å². The van der Waals surface area contributed by atoms with Crippen LogP contribution in [0.3, 0.4) is 0 Å². The summed E-state index contributed by atoms with van der Waals surface area (Å²) in [4.78, 5) is 31.5. The minimum absolute atomic E-state index is 0.0535. The fourth-order valence-electron chi connectivity index (χ4n) is 4.08. The number of urea groups is 1. The quantitative estimate of drug-likeness (QED) is 0.810. The number of hydrogen-bond acceptors (Lipinski definition) is 4. The van der Waals surface area contributed by atoms with Gasteiger partial charge in [0.2, 0.25) is 5.91 Å². The number of carbonyl (C=O) groups excluding carboxylic acids is 2. The van der Waals surface area contributed by atoms with Crippen LogP contribution < -0.4 is 5.32 Å². The van der Waals surface area contributed by atoms with E-state index < -0.39 is 0 Å². The lowest BCUT2D eigenvalue weighted by molar-refractivity contribution is -0.132. The Morgan fingerprint density at radius 3 is 2.79 bits per heavy atom. The van der Waals surface area contributed by atoms with Gasteiger partial charge < -0.3 is 19.9 Å². The summed E-state index contributed by atoms with van der Waals surface area (Å²) in [5.41, 5.74) is 2.02. The van der Waals surface area contributed by atoms with Crippen molar-refractivity contribution < 1.29 is 14.3 Å². The molecule has 154 valence electrons. The molecule has 1 atom stereocenters. The Bertz CT molecular complexity index is 681. The maximum Gasteiger partial charge on any atom is 0.321 e. The second-order valence-corrected chi connectivity index (χ2v) is 7.44. The van der Waals surface area contributed by atoms with Gasteiger partial charge in [0.05, 0.1) is 12.6 Å². The summed E-state index contributed by atoms with van der Waals surface area (Å²) in [5, 5.41) is 3.06. The number of hydrogen-bond donors (Lipinski definition) is 1. The van der Waals surface area contributed by atoms with Gasteiger partial charge in [0.15, 0.2) is 0 Å². The molecule has 28 heavy (non-hydrogen) atoms. The highest BCUT2D eigenvalue weighted by Crippen LogP contribution is 2.20.